The highest BCUT2D eigenvalue weighted by atomic mass is 79.9. The SMILES string of the molecule is CC(C)(C)OC(=O)N1CC=C(COc2ccc(N)cc2Br)CC1. The molecule has 2 rings (SSSR count). The molecule has 2 N–H and O–H groups in total. The number of carbonyl (C=O) groups is 1. The largest absolute Gasteiger partial charge is 0.488 e. The predicted molar refractivity (Wildman–Crippen MR) is 94.6 cm³/mol. The van der Waals surface area contributed by atoms with Crippen molar-refractivity contribution >= 4 is 27.7 Å². The van der Waals surface area contributed by atoms with Crippen LogP contribution in [0.25, 0.3) is 0 Å². The molecule has 1 aromatic rings. The van der Waals surface area contributed by atoms with E-state index < -0.39 is 5.60 Å². The first-order chi connectivity index (χ1) is 10.7. The number of nitrogens with zero attached hydrogens (tertiary/aromatic N) is 1. The summed E-state index contributed by atoms with van der Waals surface area (Å²) in [5, 5.41) is 0. The second kappa shape index (κ2) is 7.25. The molecule has 0 bridgehead atoms. The van der Waals surface area contributed by atoms with Gasteiger partial charge in [0.15, 0.2) is 0 Å². The third-order valence-corrected chi connectivity index (χ3v) is 3.94. The number of ether oxygens (including phenoxy) is 2. The quantitative estimate of drug-likeness (QED) is 0.634. The van der Waals surface area contributed by atoms with Crippen LogP contribution in [0.2, 0.25) is 0 Å². The van der Waals surface area contributed by atoms with Crippen molar-refractivity contribution in [2.24, 2.45) is 0 Å². The van der Waals surface area contributed by atoms with Crippen molar-refractivity contribution in [3.05, 3.63) is 34.3 Å². The Morgan fingerprint density at radius 3 is 2.70 bits per heavy atom. The van der Waals surface area contributed by atoms with Gasteiger partial charge in [0.05, 0.1) is 4.47 Å². The number of hydrogen-bond donors (Lipinski definition) is 1. The van der Waals surface area contributed by atoms with Gasteiger partial charge in [0, 0.05) is 18.8 Å². The Hall–Kier alpha value is -1.69. The fourth-order valence-corrected chi connectivity index (χ4v) is 2.65. The van der Waals surface area contributed by atoms with Gasteiger partial charge in [0.1, 0.15) is 18.0 Å². The number of nitrogen functional groups attached to an aromatic ring is 1. The number of carbonyl (C=O) groups excluding carboxylic acids is 1. The molecule has 6 heteroatoms. The maximum atomic E-state index is 12.0. The van der Waals surface area contributed by atoms with E-state index in [0.717, 1.165) is 16.6 Å². The van der Waals surface area contributed by atoms with E-state index in [1.807, 2.05) is 39.0 Å². The Balaban J connectivity index is 1.86. The lowest BCUT2D eigenvalue weighted by Crippen LogP contribution is -2.39. The van der Waals surface area contributed by atoms with Crippen LogP contribution in [0.15, 0.2) is 34.3 Å². The zero-order valence-corrected chi connectivity index (χ0v) is 15.4. The van der Waals surface area contributed by atoms with Gasteiger partial charge in [-0.15, -0.1) is 0 Å². The van der Waals surface area contributed by atoms with Gasteiger partial charge in [-0.3, -0.25) is 0 Å². The van der Waals surface area contributed by atoms with Gasteiger partial charge >= 0.3 is 6.09 Å². The molecule has 1 aliphatic rings. The van der Waals surface area contributed by atoms with Crippen LogP contribution in [0.1, 0.15) is 27.2 Å². The summed E-state index contributed by atoms with van der Waals surface area (Å²) in [6, 6.07) is 5.46. The van der Waals surface area contributed by atoms with Crippen LogP contribution in [0.4, 0.5) is 10.5 Å². The number of hydrogen-bond acceptors (Lipinski definition) is 4. The smallest absolute Gasteiger partial charge is 0.410 e. The van der Waals surface area contributed by atoms with Crippen LogP contribution in [0, 0.1) is 0 Å². The lowest BCUT2D eigenvalue weighted by Gasteiger charge is -2.29. The molecule has 1 heterocycles. The Labute approximate surface area is 145 Å². The minimum atomic E-state index is -0.467. The van der Waals surface area contributed by atoms with Gasteiger partial charge in [-0.1, -0.05) is 6.08 Å². The van der Waals surface area contributed by atoms with Crippen LogP contribution < -0.4 is 10.5 Å². The maximum absolute atomic E-state index is 12.0. The third kappa shape index (κ3) is 5.46. The van der Waals surface area contributed by atoms with Gasteiger partial charge in [0.25, 0.3) is 0 Å². The number of amides is 1. The van der Waals surface area contributed by atoms with Gasteiger partial charge in [0.2, 0.25) is 0 Å². The number of halogens is 1. The van der Waals surface area contributed by atoms with Gasteiger partial charge < -0.3 is 20.1 Å². The average Bonchev–Trinajstić information content (AvgIpc) is 2.45. The highest BCUT2D eigenvalue weighted by Crippen LogP contribution is 2.27. The standard InChI is InChI=1S/C17H23BrN2O3/c1-17(2,3)23-16(21)20-8-6-12(7-9-20)11-22-15-5-4-13(19)10-14(15)18/h4-6,10H,7-9,11,19H2,1-3H3. The third-order valence-electron chi connectivity index (χ3n) is 3.32. The van der Waals surface area contributed by atoms with E-state index >= 15 is 0 Å². The zero-order chi connectivity index (χ0) is 17.0. The predicted octanol–water partition coefficient (Wildman–Crippen LogP) is 3.98. The van der Waals surface area contributed by atoms with Gasteiger partial charge in [-0.05, 0) is 66.9 Å². The molecule has 0 spiro atoms. The van der Waals surface area contributed by atoms with Crippen molar-refractivity contribution < 1.29 is 14.3 Å². The summed E-state index contributed by atoms with van der Waals surface area (Å²) in [6.07, 6.45) is 2.54. The first-order valence-electron chi connectivity index (χ1n) is 7.58. The molecule has 126 valence electrons. The van der Waals surface area contributed by atoms with Gasteiger partial charge in [-0.25, -0.2) is 4.79 Å². The molecule has 0 saturated carbocycles. The molecule has 5 nitrogen and oxygen atoms in total. The molecule has 1 amide bonds. The van der Waals surface area contributed by atoms with E-state index in [2.05, 4.69) is 15.9 Å². The Morgan fingerprint density at radius 1 is 1.39 bits per heavy atom. The molecular formula is C17H23BrN2O3. The van der Waals surface area contributed by atoms with Crippen molar-refractivity contribution in [1.82, 2.24) is 4.90 Å². The molecule has 0 aromatic heterocycles. The fourth-order valence-electron chi connectivity index (χ4n) is 2.14. The highest BCUT2D eigenvalue weighted by molar-refractivity contribution is 9.10. The molecule has 0 aliphatic carbocycles. The summed E-state index contributed by atoms with van der Waals surface area (Å²) in [5.74, 6) is 0.759. The summed E-state index contributed by atoms with van der Waals surface area (Å²) in [7, 11) is 0. The molecule has 0 unspecified atom stereocenters. The van der Waals surface area contributed by atoms with Crippen LogP contribution in [0.5, 0.6) is 5.75 Å². The minimum Gasteiger partial charge on any atom is -0.488 e. The minimum absolute atomic E-state index is 0.269. The lowest BCUT2D eigenvalue weighted by atomic mass is 10.1. The normalized spacial score (nSPS) is 15.1. The van der Waals surface area contributed by atoms with Crippen LogP contribution in [0.3, 0.4) is 0 Å². The topological polar surface area (TPSA) is 64.8 Å². The second-order valence-electron chi connectivity index (χ2n) is 6.52. The molecule has 0 saturated heterocycles. The average molecular weight is 383 g/mol. The monoisotopic (exact) mass is 382 g/mol. The molecule has 1 aliphatic heterocycles. The first kappa shape index (κ1) is 17.7. The first-order valence-corrected chi connectivity index (χ1v) is 8.37. The fraction of sp³-hybridized carbons (Fsp3) is 0.471. The number of anilines is 1. The van der Waals surface area contributed by atoms with Gasteiger partial charge in [-0.2, -0.15) is 0 Å². The van der Waals surface area contributed by atoms with E-state index in [-0.39, 0.29) is 6.09 Å². The number of benzene rings is 1. The Kier molecular flexibility index (Phi) is 5.57. The maximum Gasteiger partial charge on any atom is 0.410 e. The summed E-state index contributed by atoms with van der Waals surface area (Å²) in [4.78, 5) is 13.7. The van der Waals surface area contributed by atoms with Crippen molar-refractivity contribution in [1.29, 1.82) is 0 Å². The number of rotatable bonds is 3. The van der Waals surface area contributed by atoms with Crippen molar-refractivity contribution in [2.45, 2.75) is 32.8 Å². The molecular weight excluding hydrogens is 360 g/mol. The molecule has 0 radical (unpaired) electrons. The molecule has 1 aromatic carbocycles. The van der Waals surface area contributed by atoms with E-state index in [9.17, 15) is 4.79 Å². The van der Waals surface area contributed by atoms with E-state index in [1.165, 1.54) is 5.57 Å². The number of nitrogens with two attached hydrogens (primary N) is 1. The van der Waals surface area contributed by atoms with E-state index in [0.29, 0.717) is 25.4 Å². The highest BCUT2D eigenvalue weighted by Gasteiger charge is 2.23. The summed E-state index contributed by atoms with van der Waals surface area (Å²) < 4.78 is 12.0. The molecule has 0 atom stereocenters. The van der Waals surface area contributed by atoms with Crippen LogP contribution >= 0.6 is 15.9 Å². The summed E-state index contributed by atoms with van der Waals surface area (Å²) in [5.41, 5.74) is 7.10. The van der Waals surface area contributed by atoms with Crippen LogP contribution in [-0.4, -0.2) is 36.3 Å². The Bertz CT molecular complexity index is 608. The van der Waals surface area contributed by atoms with Crippen molar-refractivity contribution in [2.75, 3.05) is 25.4 Å². The molecule has 23 heavy (non-hydrogen) atoms. The second-order valence-corrected chi connectivity index (χ2v) is 7.37. The van der Waals surface area contributed by atoms with Crippen molar-refractivity contribution in [3.8, 4) is 5.75 Å². The summed E-state index contributed by atoms with van der Waals surface area (Å²) >= 11 is 3.43. The van der Waals surface area contributed by atoms with E-state index in [1.54, 1.807) is 11.0 Å². The van der Waals surface area contributed by atoms with E-state index in [4.69, 9.17) is 15.2 Å². The van der Waals surface area contributed by atoms with Crippen molar-refractivity contribution in [3.63, 3.8) is 0 Å². The summed E-state index contributed by atoms with van der Waals surface area (Å²) in [6.45, 7) is 7.31. The lowest BCUT2D eigenvalue weighted by molar-refractivity contribution is 0.0264. The van der Waals surface area contributed by atoms with Crippen LogP contribution in [-0.2, 0) is 4.74 Å². The zero-order valence-electron chi connectivity index (χ0n) is 13.8. The molecule has 0 fully saturated rings. The Morgan fingerprint density at radius 2 is 2.13 bits per heavy atom.